The summed E-state index contributed by atoms with van der Waals surface area (Å²) in [5.41, 5.74) is -0.00669. The van der Waals surface area contributed by atoms with Gasteiger partial charge in [-0.3, -0.25) is 20.2 Å². The van der Waals surface area contributed by atoms with Gasteiger partial charge in [0.25, 0.3) is 11.4 Å². The number of hydrogen-bond donors (Lipinski definition) is 0. The van der Waals surface area contributed by atoms with Gasteiger partial charge in [0.1, 0.15) is 11.3 Å². The van der Waals surface area contributed by atoms with Gasteiger partial charge in [-0.05, 0) is 30.3 Å². The van der Waals surface area contributed by atoms with Crippen molar-refractivity contribution in [2.75, 3.05) is 0 Å². The topological polar surface area (TPSA) is 99.4 Å². The van der Waals surface area contributed by atoms with Gasteiger partial charge in [0, 0.05) is 10.6 Å². The van der Waals surface area contributed by atoms with E-state index < -0.39 is 15.5 Å². The summed E-state index contributed by atoms with van der Waals surface area (Å²) in [4.78, 5) is 20.6. The number of non-ortho nitro benzene ring substituents is 2. The third-order valence-corrected chi connectivity index (χ3v) is 3.39. The molecule has 2 aromatic carbocycles. The second-order valence-corrected chi connectivity index (χ2v) is 4.94. The van der Waals surface area contributed by atoms with E-state index in [9.17, 15) is 20.2 Å². The highest BCUT2D eigenvalue weighted by atomic mass is 35.5. The first kappa shape index (κ1) is 14.0. The number of fused-ring (bicyclic) bond motifs is 1. The Morgan fingerprint density at radius 1 is 0.955 bits per heavy atom. The van der Waals surface area contributed by atoms with Gasteiger partial charge in [-0.25, -0.2) is 0 Å². The molecule has 0 spiro atoms. The fraction of sp³-hybridized carbons (Fsp3) is 0. The van der Waals surface area contributed by atoms with E-state index in [-0.39, 0.29) is 16.7 Å². The molecule has 0 aliphatic heterocycles. The predicted molar refractivity (Wildman–Crippen MR) is 80.0 cm³/mol. The highest BCUT2D eigenvalue weighted by Crippen LogP contribution is 2.36. The van der Waals surface area contributed by atoms with Crippen LogP contribution in [0.1, 0.15) is 0 Å². The Kier molecular flexibility index (Phi) is 3.26. The van der Waals surface area contributed by atoms with E-state index in [1.165, 1.54) is 12.1 Å². The first-order chi connectivity index (χ1) is 10.5. The molecule has 0 amide bonds. The zero-order valence-corrected chi connectivity index (χ0v) is 11.6. The van der Waals surface area contributed by atoms with E-state index in [0.29, 0.717) is 16.3 Å². The van der Waals surface area contributed by atoms with Crippen molar-refractivity contribution in [2.24, 2.45) is 0 Å². The zero-order chi connectivity index (χ0) is 15.9. The average Bonchev–Trinajstić information content (AvgIpc) is 2.90. The number of nitro groups is 2. The third kappa shape index (κ3) is 2.38. The van der Waals surface area contributed by atoms with Crippen LogP contribution in [-0.4, -0.2) is 9.85 Å². The standard InChI is InChI=1S/C14H7ClN2O5/c15-9-3-1-8(2-4-9)13-7-11-12(17(20)21)5-10(16(18)19)6-14(11)22-13/h1-7H. The number of halogens is 1. The quantitative estimate of drug-likeness (QED) is 0.520. The van der Waals surface area contributed by atoms with Crippen molar-refractivity contribution in [3.05, 3.63) is 67.7 Å². The second-order valence-electron chi connectivity index (χ2n) is 4.51. The Labute approximate surface area is 128 Å². The van der Waals surface area contributed by atoms with Crippen molar-refractivity contribution in [1.29, 1.82) is 0 Å². The van der Waals surface area contributed by atoms with Gasteiger partial charge in [-0.2, -0.15) is 0 Å². The maximum atomic E-state index is 11.1. The van der Waals surface area contributed by atoms with Crippen molar-refractivity contribution < 1.29 is 14.3 Å². The van der Waals surface area contributed by atoms with Gasteiger partial charge in [0.2, 0.25) is 0 Å². The average molecular weight is 319 g/mol. The summed E-state index contributed by atoms with van der Waals surface area (Å²) in [5, 5.41) is 22.7. The maximum Gasteiger partial charge on any atom is 0.287 e. The Morgan fingerprint density at radius 2 is 1.64 bits per heavy atom. The minimum absolute atomic E-state index is 0.0888. The van der Waals surface area contributed by atoms with Gasteiger partial charge in [0.15, 0.2) is 0 Å². The van der Waals surface area contributed by atoms with Crippen LogP contribution in [0.2, 0.25) is 5.02 Å². The molecular weight excluding hydrogens is 312 g/mol. The number of nitro benzene ring substituents is 2. The smallest absolute Gasteiger partial charge is 0.287 e. The summed E-state index contributed by atoms with van der Waals surface area (Å²) in [7, 11) is 0. The normalized spacial score (nSPS) is 10.8. The maximum absolute atomic E-state index is 11.1. The van der Waals surface area contributed by atoms with Crippen molar-refractivity contribution in [2.45, 2.75) is 0 Å². The molecule has 22 heavy (non-hydrogen) atoms. The molecule has 3 rings (SSSR count). The summed E-state index contributed by atoms with van der Waals surface area (Å²) in [6.07, 6.45) is 0. The molecule has 0 saturated heterocycles. The first-order valence-electron chi connectivity index (χ1n) is 6.08. The highest BCUT2D eigenvalue weighted by molar-refractivity contribution is 6.30. The molecule has 0 bridgehead atoms. The molecule has 1 aromatic heterocycles. The van der Waals surface area contributed by atoms with Crippen molar-refractivity contribution in [3.8, 4) is 11.3 Å². The summed E-state index contributed by atoms with van der Waals surface area (Å²) in [5.74, 6) is 0.371. The monoisotopic (exact) mass is 318 g/mol. The molecule has 0 atom stereocenters. The lowest BCUT2D eigenvalue weighted by Crippen LogP contribution is -1.92. The largest absolute Gasteiger partial charge is 0.456 e. The molecule has 8 heteroatoms. The molecule has 1 heterocycles. The fourth-order valence-corrected chi connectivity index (χ4v) is 2.25. The molecule has 0 aliphatic rings. The van der Waals surface area contributed by atoms with Crippen LogP contribution in [0.25, 0.3) is 22.3 Å². The lowest BCUT2D eigenvalue weighted by molar-refractivity contribution is -0.393. The number of nitrogens with zero attached hydrogens (tertiary/aromatic N) is 2. The third-order valence-electron chi connectivity index (χ3n) is 3.14. The lowest BCUT2D eigenvalue weighted by Gasteiger charge is -1.95. The minimum Gasteiger partial charge on any atom is -0.456 e. The zero-order valence-electron chi connectivity index (χ0n) is 10.9. The first-order valence-corrected chi connectivity index (χ1v) is 6.46. The van der Waals surface area contributed by atoms with Crippen LogP contribution in [0.5, 0.6) is 0 Å². The number of rotatable bonds is 3. The number of furan rings is 1. The van der Waals surface area contributed by atoms with Crippen molar-refractivity contribution in [3.63, 3.8) is 0 Å². The van der Waals surface area contributed by atoms with E-state index >= 15 is 0 Å². The van der Waals surface area contributed by atoms with Gasteiger partial charge < -0.3 is 4.42 Å². The van der Waals surface area contributed by atoms with E-state index in [2.05, 4.69) is 0 Å². The molecule has 0 N–H and O–H groups in total. The molecule has 0 saturated carbocycles. The van der Waals surface area contributed by atoms with Crippen LogP contribution in [0.4, 0.5) is 11.4 Å². The summed E-state index contributed by atoms with van der Waals surface area (Å²) in [6.45, 7) is 0. The van der Waals surface area contributed by atoms with Crippen molar-refractivity contribution in [1.82, 2.24) is 0 Å². The van der Waals surface area contributed by atoms with Crippen LogP contribution in [0, 0.1) is 20.2 Å². The van der Waals surface area contributed by atoms with Gasteiger partial charge in [-0.1, -0.05) is 11.6 Å². The molecular formula is C14H7ClN2O5. The highest BCUT2D eigenvalue weighted by Gasteiger charge is 2.22. The van der Waals surface area contributed by atoms with E-state index in [0.717, 1.165) is 6.07 Å². The molecule has 0 unspecified atom stereocenters. The summed E-state index contributed by atoms with van der Waals surface area (Å²) < 4.78 is 5.52. The second kappa shape index (κ2) is 5.12. The van der Waals surface area contributed by atoms with E-state index in [1.54, 1.807) is 24.3 Å². The Balaban J connectivity index is 2.24. The summed E-state index contributed by atoms with van der Waals surface area (Å²) >= 11 is 5.81. The SMILES string of the molecule is O=[N+]([O-])c1cc([N+](=O)[O-])c2cc(-c3ccc(Cl)cc3)oc2c1. The van der Waals surface area contributed by atoms with Crippen LogP contribution in [-0.2, 0) is 0 Å². The van der Waals surface area contributed by atoms with Crippen LogP contribution in [0.3, 0.4) is 0 Å². The molecule has 0 radical (unpaired) electrons. The molecule has 0 fully saturated rings. The minimum atomic E-state index is -0.697. The van der Waals surface area contributed by atoms with E-state index in [4.69, 9.17) is 16.0 Å². The fourth-order valence-electron chi connectivity index (χ4n) is 2.12. The van der Waals surface area contributed by atoms with Gasteiger partial charge in [-0.15, -0.1) is 0 Å². The van der Waals surface area contributed by atoms with Crippen LogP contribution in [0.15, 0.2) is 46.9 Å². The molecule has 7 nitrogen and oxygen atoms in total. The Morgan fingerprint density at radius 3 is 2.23 bits per heavy atom. The molecule has 110 valence electrons. The Hall–Kier alpha value is -2.93. The number of benzene rings is 2. The van der Waals surface area contributed by atoms with Crippen molar-refractivity contribution >= 4 is 33.9 Å². The van der Waals surface area contributed by atoms with Crippen LogP contribution < -0.4 is 0 Å². The van der Waals surface area contributed by atoms with E-state index in [1.807, 2.05) is 0 Å². The molecule has 0 aliphatic carbocycles. The summed E-state index contributed by atoms with van der Waals surface area (Å²) in [6, 6.07) is 10.3. The van der Waals surface area contributed by atoms with Gasteiger partial charge >= 0.3 is 0 Å². The Bertz CT molecular complexity index is 901. The van der Waals surface area contributed by atoms with Crippen LogP contribution >= 0.6 is 11.6 Å². The lowest BCUT2D eigenvalue weighted by atomic mass is 10.1. The molecule has 3 aromatic rings. The number of hydrogen-bond acceptors (Lipinski definition) is 5. The predicted octanol–water partition coefficient (Wildman–Crippen LogP) is 4.57. The van der Waals surface area contributed by atoms with Gasteiger partial charge in [0.05, 0.1) is 27.4 Å².